The van der Waals surface area contributed by atoms with Crippen molar-refractivity contribution in [1.82, 2.24) is 19.7 Å². The standard InChI is InChI=1S/C20H16IN5O2S/c1-2-12-10-18(27)24-20(22-12)26-17(11-15(25-26)16-8-5-9-29-16)23-19(28)13-6-3-4-7-14(13)21/h3-11H,2H2,1H3,(H,23,28)(H,22,24,27). The van der Waals surface area contributed by atoms with Crippen LogP contribution in [0.2, 0.25) is 0 Å². The molecular weight excluding hydrogens is 501 g/mol. The number of thiophene rings is 1. The zero-order chi connectivity index (χ0) is 20.4. The lowest BCUT2D eigenvalue weighted by molar-refractivity contribution is 0.102. The Morgan fingerprint density at radius 2 is 2.07 bits per heavy atom. The summed E-state index contributed by atoms with van der Waals surface area (Å²) in [5.74, 6) is 0.424. The largest absolute Gasteiger partial charge is 0.306 e. The Hall–Kier alpha value is -2.79. The van der Waals surface area contributed by atoms with E-state index in [0.717, 1.165) is 8.45 Å². The van der Waals surface area contributed by atoms with Crippen LogP contribution in [0.4, 0.5) is 5.82 Å². The van der Waals surface area contributed by atoms with Gasteiger partial charge < -0.3 is 5.32 Å². The van der Waals surface area contributed by atoms with E-state index in [0.29, 0.717) is 29.2 Å². The highest BCUT2D eigenvalue weighted by molar-refractivity contribution is 14.1. The predicted molar refractivity (Wildman–Crippen MR) is 122 cm³/mol. The molecule has 0 aliphatic rings. The van der Waals surface area contributed by atoms with Crippen molar-refractivity contribution in [2.45, 2.75) is 13.3 Å². The summed E-state index contributed by atoms with van der Waals surface area (Å²) in [7, 11) is 0. The second kappa shape index (κ2) is 8.29. The Morgan fingerprint density at radius 3 is 2.79 bits per heavy atom. The molecule has 3 heterocycles. The molecule has 9 heteroatoms. The highest BCUT2D eigenvalue weighted by Gasteiger charge is 2.18. The summed E-state index contributed by atoms with van der Waals surface area (Å²) in [6.45, 7) is 1.92. The van der Waals surface area contributed by atoms with E-state index in [1.165, 1.54) is 22.1 Å². The third-order valence-corrected chi connectivity index (χ3v) is 6.02. The van der Waals surface area contributed by atoms with Crippen LogP contribution in [0.3, 0.4) is 0 Å². The highest BCUT2D eigenvalue weighted by atomic mass is 127. The lowest BCUT2D eigenvalue weighted by atomic mass is 10.2. The molecule has 0 bridgehead atoms. The fourth-order valence-electron chi connectivity index (χ4n) is 2.78. The summed E-state index contributed by atoms with van der Waals surface area (Å²) < 4.78 is 2.30. The third-order valence-electron chi connectivity index (χ3n) is 4.19. The molecule has 7 nitrogen and oxygen atoms in total. The molecule has 4 aromatic rings. The van der Waals surface area contributed by atoms with Crippen LogP contribution < -0.4 is 10.9 Å². The average Bonchev–Trinajstić information content (AvgIpc) is 3.37. The van der Waals surface area contributed by atoms with Crippen molar-refractivity contribution in [3.63, 3.8) is 0 Å². The van der Waals surface area contributed by atoms with Gasteiger partial charge in [-0.2, -0.15) is 9.78 Å². The predicted octanol–water partition coefficient (Wildman–Crippen LogP) is 4.10. The molecule has 146 valence electrons. The average molecular weight is 517 g/mol. The number of H-pyrrole nitrogens is 1. The van der Waals surface area contributed by atoms with Gasteiger partial charge >= 0.3 is 0 Å². The zero-order valence-corrected chi connectivity index (χ0v) is 18.3. The maximum Gasteiger partial charge on any atom is 0.257 e. The number of nitrogens with one attached hydrogen (secondary N) is 2. The Balaban J connectivity index is 1.80. The smallest absolute Gasteiger partial charge is 0.257 e. The van der Waals surface area contributed by atoms with E-state index >= 15 is 0 Å². The van der Waals surface area contributed by atoms with E-state index in [9.17, 15) is 9.59 Å². The number of carbonyl (C=O) groups excluding carboxylic acids is 1. The number of benzene rings is 1. The van der Waals surface area contributed by atoms with Crippen LogP contribution in [-0.4, -0.2) is 25.7 Å². The summed E-state index contributed by atoms with van der Waals surface area (Å²) in [5.41, 5.74) is 1.62. The Labute approximate surface area is 184 Å². The number of aryl methyl sites for hydroxylation is 1. The van der Waals surface area contributed by atoms with Crippen molar-refractivity contribution < 1.29 is 4.79 Å². The lowest BCUT2D eigenvalue weighted by Gasteiger charge is -2.09. The van der Waals surface area contributed by atoms with Crippen LogP contribution in [0.5, 0.6) is 0 Å². The van der Waals surface area contributed by atoms with Crippen molar-refractivity contribution in [2.75, 3.05) is 5.32 Å². The van der Waals surface area contributed by atoms with Gasteiger partial charge in [0, 0.05) is 21.4 Å². The lowest BCUT2D eigenvalue weighted by Crippen LogP contribution is -2.19. The fourth-order valence-corrected chi connectivity index (χ4v) is 4.09. The van der Waals surface area contributed by atoms with Crippen LogP contribution in [-0.2, 0) is 6.42 Å². The minimum absolute atomic E-state index is 0.259. The second-order valence-electron chi connectivity index (χ2n) is 6.15. The van der Waals surface area contributed by atoms with Gasteiger partial charge in [-0.1, -0.05) is 25.1 Å². The van der Waals surface area contributed by atoms with Crippen molar-refractivity contribution in [1.29, 1.82) is 0 Å². The van der Waals surface area contributed by atoms with E-state index in [4.69, 9.17) is 0 Å². The van der Waals surface area contributed by atoms with Gasteiger partial charge in [-0.3, -0.25) is 14.6 Å². The molecule has 0 aliphatic heterocycles. The van der Waals surface area contributed by atoms with Crippen molar-refractivity contribution in [2.24, 2.45) is 0 Å². The molecule has 0 saturated heterocycles. The van der Waals surface area contributed by atoms with Crippen LogP contribution in [0.1, 0.15) is 23.0 Å². The normalized spacial score (nSPS) is 10.8. The topological polar surface area (TPSA) is 92.7 Å². The second-order valence-corrected chi connectivity index (χ2v) is 8.26. The van der Waals surface area contributed by atoms with Gasteiger partial charge in [0.15, 0.2) is 0 Å². The zero-order valence-electron chi connectivity index (χ0n) is 15.3. The molecule has 0 fully saturated rings. The highest BCUT2D eigenvalue weighted by Crippen LogP contribution is 2.27. The molecule has 4 rings (SSSR count). The molecular formula is C20H16IN5O2S. The molecule has 1 amide bonds. The first-order valence-electron chi connectivity index (χ1n) is 8.85. The van der Waals surface area contributed by atoms with Crippen LogP contribution >= 0.6 is 33.9 Å². The van der Waals surface area contributed by atoms with E-state index in [1.54, 1.807) is 12.1 Å². The first-order valence-corrected chi connectivity index (χ1v) is 10.8. The first-order chi connectivity index (χ1) is 14.0. The molecule has 0 spiro atoms. The summed E-state index contributed by atoms with van der Waals surface area (Å²) >= 11 is 3.66. The summed E-state index contributed by atoms with van der Waals surface area (Å²) in [6, 6.07) is 14.4. The minimum atomic E-state index is -0.269. The molecule has 3 aromatic heterocycles. The number of halogens is 1. The van der Waals surface area contributed by atoms with Crippen molar-refractivity contribution in [3.05, 3.63) is 79.1 Å². The molecule has 29 heavy (non-hydrogen) atoms. The number of rotatable bonds is 5. The number of carbonyl (C=O) groups is 1. The van der Waals surface area contributed by atoms with Crippen LogP contribution in [0, 0.1) is 3.57 Å². The fraction of sp³-hybridized carbons (Fsp3) is 0.100. The molecule has 0 saturated carbocycles. The van der Waals surface area contributed by atoms with Gasteiger partial charge in [-0.15, -0.1) is 11.3 Å². The number of anilines is 1. The van der Waals surface area contributed by atoms with Crippen molar-refractivity contribution in [3.8, 4) is 16.5 Å². The quantitative estimate of drug-likeness (QED) is 0.390. The first kappa shape index (κ1) is 19.5. The van der Waals surface area contributed by atoms with E-state index in [-0.39, 0.29) is 17.4 Å². The summed E-state index contributed by atoms with van der Waals surface area (Å²) in [6.07, 6.45) is 0.611. The molecule has 1 aromatic carbocycles. The number of nitrogens with zero attached hydrogens (tertiary/aromatic N) is 3. The van der Waals surface area contributed by atoms with Gasteiger partial charge in [-0.05, 0) is 52.6 Å². The van der Waals surface area contributed by atoms with Crippen LogP contribution in [0.15, 0.2) is 58.7 Å². The Kier molecular flexibility index (Phi) is 5.58. The number of amides is 1. The Morgan fingerprint density at radius 1 is 1.24 bits per heavy atom. The minimum Gasteiger partial charge on any atom is -0.306 e. The van der Waals surface area contributed by atoms with Gasteiger partial charge in [-0.25, -0.2) is 4.98 Å². The van der Waals surface area contributed by atoms with E-state index in [1.807, 2.05) is 42.6 Å². The molecule has 0 radical (unpaired) electrons. The molecule has 0 atom stereocenters. The third kappa shape index (κ3) is 4.15. The van der Waals surface area contributed by atoms with Gasteiger partial charge in [0.05, 0.1) is 10.4 Å². The number of hydrogen-bond donors (Lipinski definition) is 2. The molecule has 0 aliphatic carbocycles. The molecule has 2 N–H and O–H groups in total. The summed E-state index contributed by atoms with van der Waals surface area (Å²) in [4.78, 5) is 33.0. The van der Waals surface area contributed by atoms with Gasteiger partial charge in [0.1, 0.15) is 11.5 Å². The van der Waals surface area contributed by atoms with Gasteiger partial charge in [0.2, 0.25) is 5.95 Å². The Bertz CT molecular complexity index is 1230. The maximum absolute atomic E-state index is 12.9. The van der Waals surface area contributed by atoms with Gasteiger partial charge in [0.25, 0.3) is 11.5 Å². The number of aromatic amines is 1. The van der Waals surface area contributed by atoms with E-state index < -0.39 is 0 Å². The van der Waals surface area contributed by atoms with E-state index in [2.05, 4.69) is 43.0 Å². The van der Waals surface area contributed by atoms with Crippen molar-refractivity contribution >= 4 is 45.7 Å². The maximum atomic E-state index is 12.9. The monoisotopic (exact) mass is 517 g/mol. The summed E-state index contributed by atoms with van der Waals surface area (Å²) in [5, 5.41) is 9.45. The van der Waals surface area contributed by atoms with Crippen LogP contribution in [0.25, 0.3) is 16.5 Å². The number of hydrogen-bond acceptors (Lipinski definition) is 5. The number of aromatic nitrogens is 4. The SMILES string of the molecule is CCc1cc(=O)[nH]c(-n2nc(-c3cccs3)cc2NC(=O)c2ccccc2I)n1. The molecule has 0 unspecified atom stereocenters.